The largest absolute Gasteiger partial charge is 0.416 e. The molecule has 1 aliphatic heterocycles. The van der Waals surface area contributed by atoms with Crippen LogP contribution in [0.5, 0.6) is 0 Å². The highest BCUT2D eigenvalue weighted by Gasteiger charge is 2.30. The van der Waals surface area contributed by atoms with E-state index in [1.54, 1.807) is 12.1 Å². The number of carbonyl (C=O) groups is 2. The molecule has 0 unspecified atom stereocenters. The molecule has 0 bridgehead atoms. The van der Waals surface area contributed by atoms with Crippen LogP contribution >= 0.6 is 0 Å². The number of fused-ring (bicyclic) bond motifs is 1. The monoisotopic (exact) mass is 333 g/mol. The van der Waals surface area contributed by atoms with Crippen molar-refractivity contribution in [2.24, 2.45) is 0 Å². The molecule has 0 saturated heterocycles. The minimum absolute atomic E-state index is 0.239. The third kappa shape index (κ3) is 2.91. The number of rotatable bonds is 1. The van der Waals surface area contributed by atoms with Gasteiger partial charge < -0.3 is 0 Å². The van der Waals surface area contributed by atoms with Crippen LogP contribution in [0.2, 0.25) is 0 Å². The molecule has 0 atom stereocenters. The maximum Gasteiger partial charge on any atom is 0.416 e. The minimum Gasteiger partial charge on any atom is -0.274 e. The number of amides is 2. The Bertz CT molecular complexity index is 810. The van der Waals surface area contributed by atoms with Crippen LogP contribution in [0.15, 0.2) is 42.5 Å². The molecule has 2 amide bonds. The Hall–Kier alpha value is -2.63. The highest BCUT2D eigenvalue weighted by molar-refractivity contribution is 6.15. The van der Waals surface area contributed by atoms with Gasteiger partial charge in [-0.2, -0.15) is 13.2 Å². The number of halogens is 3. The number of nitrogens with zero attached hydrogens (tertiary/aromatic N) is 1. The molecule has 6 heteroatoms. The number of hydrogen-bond acceptors (Lipinski definition) is 2. The molecule has 0 aromatic heterocycles. The second kappa shape index (κ2) is 5.78. The Balaban J connectivity index is 1.97. The summed E-state index contributed by atoms with van der Waals surface area (Å²) in [6, 6.07) is 10.1. The molecule has 3 rings (SSSR count). The van der Waals surface area contributed by atoms with E-state index in [4.69, 9.17) is 0 Å². The summed E-state index contributed by atoms with van der Waals surface area (Å²) in [6.45, 7) is 1.33. The molecule has 2 aromatic rings. The maximum absolute atomic E-state index is 12.6. The van der Waals surface area contributed by atoms with Crippen molar-refractivity contribution in [1.82, 2.24) is 0 Å². The van der Waals surface area contributed by atoms with Gasteiger partial charge in [0.25, 0.3) is 0 Å². The topological polar surface area (TPSA) is 37.4 Å². The molecule has 0 saturated carbocycles. The molecule has 1 heterocycles. The summed E-state index contributed by atoms with van der Waals surface area (Å²) < 4.78 is 37.9. The van der Waals surface area contributed by atoms with E-state index in [1.165, 1.54) is 19.1 Å². The van der Waals surface area contributed by atoms with E-state index >= 15 is 0 Å². The number of anilines is 1. The summed E-state index contributed by atoms with van der Waals surface area (Å²) in [5.74, 6) is -0.583. The third-order valence-electron chi connectivity index (χ3n) is 4.04. The average Bonchev–Trinajstić information content (AvgIpc) is 2.53. The van der Waals surface area contributed by atoms with Crippen molar-refractivity contribution < 1.29 is 22.8 Å². The van der Waals surface area contributed by atoms with Gasteiger partial charge in [-0.1, -0.05) is 18.2 Å². The van der Waals surface area contributed by atoms with Crippen LogP contribution in [0.1, 0.15) is 24.5 Å². The first-order valence-corrected chi connectivity index (χ1v) is 7.41. The van der Waals surface area contributed by atoms with E-state index in [0.717, 1.165) is 28.2 Å². The Kier molecular flexibility index (Phi) is 3.91. The first-order chi connectivity index (χ1) is 11.3. The van der Waals surface area contributed by atoms with Gasteiger partial charge >= 0.3 is 6.18 Å². The van der Waals surface area contributed by atoms with E-state index in [0.29, 0.717) is 17.7 Å². The van der Waals surface area contributed by atoms with E-state index in [2.05, 4.69) is 0 Å². The number of benzene rings is 2. The summed E-state index contributed by atoms with van der Waals surface area (Å²) in [4.78, 5) is 24.7. The second-order valence-corrected chi connectivity index (χ2v) is 5.67. The van der Waals surface area contributed by atoms with Crippen molar-refractivity contribution in [2.45, 2.75) is 25.9 Å². The van der Waals surface area contributed by atoms with Gasteiger partial charge in [0, 0.05) is 13.3 Å². The zero-order chi connectivity index (χ0) is 17.5. The van der Waals surface area contributed by atoms with Crippen molar-refractivity contribution in [3.8, 4) is 11.1 Å². The van der Waals surface area contributed by atoms with Crippen molar-refractivity contribution in [3.63, 3.8) is 0 Å². The first kappa shape index (κ1) is 16.2. The van der Waals surface area contributed by atoms with E-state index < -0.39 is 11.7 Å². The Morgan fingerprint density at radius 1 is 1.00 bits per heavy atom. The molecule has 24 heavy (non-hydrogen) atoms. The predicted octanol–water partition coefficient (Wildman–Crippen LogP) is 4.20. The van der Waals surface area contributed by atoms with Crippen LogP contribution < -0.4 is 4.90 Å². The Morgan fingerprint density at radius 3 is 2.21 bits per heavy atom. The molecule has 1 aliphatic rings. The smallest absolute Gasteiger partial charge is 0.274 e. The van der Waals surface area contributed by atoms with Crippen LogP contribution in [0, 0.1) is 0 Å². The average molecular weight is 333 g/mol. The summed E-state index contributed by atoms with van der Waals surface area (Å²) in [7, 11) is 0. The van der Waals surface area contributed by atoms with Crippen LogP contribution in [0.4, 0.5) is 18.9 Å². The molecule has 0 spiro atoms. The number of aryl methyl sites for hydroxylation is 1. The van der Waals surface area contributed by atoms with Crippen LogP contribution in [0.3, 0.4) is 0 Å². The zero-order valence-electron chi connectivity index (χ0n) is 12.9. The van der Waals surface area contributed by atoms with Crippen LogP contribution in [0.25, 0.3) is 11.1 Å². The standard InChI is InChI=1S/C18H14F3NO2/c1-11(23)22-16-8-4-13(10-14(16)5-9-17(22)24)12-2-6-15(7-3-12)18(19,20)21/h2-4,6-8,10H,5,9H2,1H3. The van der Waals surface area contributed by atoms with Gasteiger partial charge in [0.2, 0.25) is 11.8 Å². The van der Waals surface area contributed by atoms with E-state index in [1.807, 2.05) is 6.07 Å². The molecule has 0 N–H and O–H groups in total. The minimum atomic E-state index is -4.36. The summed E-state index contributed by atoms with van der Waals surface area (Å²) in [6.07, 6.45) is -3.62. The van der Waals surface area contributed by atoms with Gasteiger partial charge in [-0.15, -0.1) is 0 Å². The highest BCUT2D eigenvalue weighted by Crippen LogP contribution is 2.34. The normalized spacial score (nSPS) is 14.5. The molecule has 3 nitrogen and oxygen atoms in total. The molecule has 0 aliphatic carbocycles. The van der Waals surface area contributed by atoms with Gasteiger partial charge in [0.05, 0.1) is 11.3 Å². The predicted molar refractivity (Wildman–Crippen MR) is 83.4 cm³/mol. The lowest BCUT2D eigenvalue weighted by atomic mass is 9.95. The third-order valence-corrected chi connectivity index (χ3v) is 4.04. The maximum atomic E-state index is 12.6. The molecule has 124 valence electrons. The number of hydrogen-bond donors (Lipinski definition) is 0. The Morgan fingerprint density at radius 2 is 1.62 bits per heavy atom. The van der Waals surface area contributed by atoms with Crippen LogP contribution in [-0.4, -0.2) is 11.8 Å². The molecular weight excluding hydrogens is 319 g/mol. The molecule has 2 aromatic carbocycles. The van der Waals surface area contributed by atoms with Gasteiger partial charge in [0.15, 0.2) is 0 Å². The van der Waals surface area contributed by atoms with Crippen molar-refractivity contribution in [1.29, 1.82) is 0 Å². The molecule has 0 fully saturated rings. The van der Waals surface area contributed by atoms with E-state index in [9.17, 15) is 22.8 Å². The summed E-state index contributed by atoms with van der Waals surface area (Å²) in [5, 5.41) is 0. The lowest BCUT2D eigenvalue weighted by Crippen LogP contribution is -2.38. The van der Waals surface area contributed by atoms with E-state index in [-0.39, 0.29) is 18.2 Å². The highest BCUT2D eigenvalue weighted by atomic mass is 19.4. The fraction of sp³-hybridized carbons (Fsp3) is 0.222. The molecule has 0 radical (unpaired) electrons. The van der Waals surface area contributed by atoms with Crippen LogP contribution in [-0.2, 0) is 22.2 Å². The number of imide groups is 1. The number of carbonyl (C=O) groups excluding carboxylic acids is 2. The lowest BCUT2D eigenvalue weighted by Gasteiger charge is -2.27. The molecular formula is C18H14F3NO2. The second-order valence-electron chi connectivity index (χ2n) is 5.67. The van der Waals surface area contributed by atoms with Crippen molar-refractivity contribution in [3.05, 3.63) is 53.6 Å². The fourth-order valence-electron chi connectivity index (χ4n) is 2.87. The quantitative estimate of drug-likeness (QED) is 0.784. The van der Waals surface area contributed by atoms with Gasteiger partial charge in [-0.05, 0) is 47.4 Å². The summed E-state index contributed by atoms with van der Waals surface area (Å²) >= 11 is 0. The Labute approximate surface area is 136 Å². The van der Waals surface area contributed by atoms with Gasteiger partial charge in [-0.3, -0.25) is 14.5 Å². The van der Waals surface area contributed by atoms with Crippen molar-refractivity contribution in [2.75, 3.05) is 4.90 Å². The summed E-state index contributed by atoms with van der Waals surface area (Å²) in [5.41, 5.74) is 2.09. The van der Waals surface area contributed by atoms with Gasteiger partial charge in [-0.25, -0.2) is 0 Å². The first-order valence-electron chi connectivity index (χ1n) is 7.41. The lowest BCUT2D eigenvalue weighted by molar-refractivity contribution is -0.137. The SMILES string of the molecule is CC(=O)N1C(=O)CCc2cc(-c3ccc(C(F)(F)F)cc3)ccc21. The zero-order valence-corrected chi connectivity index (χ0v) is 12.9. The fourth-order valence-corrected chi connectivity index (χ4v) is 2.87. The number of alkyl halides is 3. The van der Waals surface area contributed by atoms with Gasteiger partial charge in [0.1, 0.15) is 0 Å². The van der Waals surface area contributed by atoms with Crippen molar-refractivity contribution >= 4 is 17.5 Å².